The Morgan fingerprint density at radius 3 is 1.84 bits per heavy atom. The predicted molar refractivity (Wildman–Crippen MR) is 109 cm³/mol. The van der Waals surface area contributed by atoms with Crippen molar-refractivity contribution < 1.29 is 39.0 Å². The van der Waals surface area contributed by atoms with Gasteiger partial charge in [0.2, 0.25) is 29.5 Å². The summed E-state index contributed by atoms with van der Waals surface area (Å²) in [4.78, 5) is 70.1. The largest absolute Gasteiger partial charge is 0.480 e. The van der Waals surface area contributed by atoms with Crippen molar-refractivity contribution in [2.75, 3.05) is 5.75 Å². The fourth-order valence-corrected chi connectivity index (χ4v) is 2.48. The summed E-state index contributed by atoms with van der Waals surface area (Å²) in [6.45, 7) is 1.15. The van der Waals surface area contributed by atoms with Crippen LogP contribution in [0.15, 0.2) is 0 Å². The number of primary amides is 2. The second kappa shape index (κ2) is 13.4. The number of carbonyl (C=O) groups excluding carboxylic acids is 5. The quantitative estimate of drug-likeness (QED) is 0.112. The fraction of sp³-hybridized carbons (Fsp3) is 0.625. The zero-order chi connectivity index (χ0) is 24.3. The highest BCUT2D eigenvalue weighted by molar-refractivity contribution is 7.80. The number of nitrogens with two attached hydrogens (primary N) is 3. The van der Waals surface area contributed by atoms with Crippen LogP contribution >= 0.6 is 12.6 Å². The van der Waals surface area contributed by atoms with Crippen molar-refractivity contribution in [1.82, 2.24) is 16.0 Å². The van der Waals surface area contributed by atoms with E-state index < -0.39 is 72.2 Å². The lowest BCUT2D eigenvalue weighted by molar-refractivity contribution is -0.145. The molecule has 0 spiro atoms. The van der Waals surface area contributed by atoms with Gasteiger partial charge in [0, 0.05) is 12.2 Å². The van der Waals surface area contributed by atoms with Crippen LogP contribution in [-0.2, 0) is 28.8 Å². The number of carbonyl (C=O) groups is 6. The number of aliphatic carboxylic acids is 1. The zero-order valence-corrected chi connectivity index (χ0v) is 17.6. The van der Waals surface area contributed by atoms with Crippen LogP contribution in [0.1, 0.15) is 26.2 Å². The maximum atomic E-state index is 12.5. The molecule has 0 saturated carbocycles. The zero-order valence-electron chi connectivity index (χ0n) is 16.7. The topological polar surface area (TPSA) is 257 Å². The summed E-state index contributed by atoms with van der Waals surface area (Å²) in [6, 6.07) is -5.72. The first-order valence-electron chi connectivity index (χ1n) is 9.05. The van der Waals surface area contributed by atoms with E-state index in [2.05, 4.69) is 23.3 Å². The highest BCUT2D eigenvalue weighted by Crippen LogP contribution is 2.01. The minimum atomic E-state index is -1.64. The Bertz CT molecular complexity index is 704. The van der Waals surface area contributed by atoms with Crippen molar-refractivity contribution in [1.29, 1.82) is 0 Å². The SMILES string of the molecule is CC(O)C(NC(=O)C(CS)NC(=O)C(CC(N)=O)NC(=O)C(N)CCC(N)=O)C(=O)O. The Morgan fingerprint density at radius 1 is 0.903 bits per heavy atom. The maximum absolute atomic E-state index is 12.5. The summed E-state index contributed by atoms with van der Waals surface area (Å²) in [5.74, 6) is -6.25. The molecule has 0 aromatic heterocycles. The number of aliphatic hydroxyl groups is 1. The summed E-state index contributed by atoms with van der Waals surface area (Å²) < 4.78 is 0. The van der Waals surface area contributed by atoms with E-state index in [1.807, 2.05) is 5.32 Å². The predicted octanol–water partition coefficient (Wildman–Crippen LogP) is -4.70. The van der Waals surface area contributed by atoms with Crippen LogP contribution in [0.25, 0.3) is 0 Å². The summed E-state index contributed by atoms with van der Waals surface area (Å²) in [5, 5.41) is 24.9. The monoisotopic (exact) mass is 464 g/mol. The van der Waals surface area contributed by atoms with Crippen molar-refractivity contribution in [2.24, 2.45) is 17.2 Å². The van der Waals surface area contributed by atoms with Gasteiger partial charge in [-0.2, -0.15) is 12.6 Å². The molecule has 0 aliphatic heterocycles. The van der Waals surface area contributed by atoms with E-state index in [1.165, 1.54) is 0 Å². The average Bonchev–Trinajstić information content (AvgIpc) is 2.66. The van der Waals surface area contributed by atoms with Crippen LogP contribution in [0.2, 0.25) is 0 Å². The van der Waals surface area contributed by atoms with Gasteiger partial charge in [-0.25, -0.2) is 4.79 Å². The van der Waals surface area contributed by atoms with Gasteiger partial charge >= 0.3 is 5.97 Å². The van der Waals surface area contributed by atoms with Crippen molar-refractivity contribution in [2.45, 2.75) is 56.5 Å². The van der Waals surface area contributed by atoms with Gasteiger partial charge < -0.3 is 43.4 Å². The van der Waals surface area contributed by atoms with Gasteiger partial charge in [0.05, 0.1) is 18.6 Å². The third-order valence-corrected chi connectivity index (χ3v) is 4.30. The lowest BCUT2D eigenvalue weighted by Gasteiger charge is -2.24. The molecule has 11 N–H and O–H groups in total. The number of carboxylic acid groups (broad SMARTS) is 1. The van der Waals surface area contributed by atoms with Gasteiger partial charge in [-0.1, -0.05) is 0 Å². The number of hydrogen-bond acceptors (Lipinski definition) is 9. The number of hydrogen-bond donors (Lipinski definition) is 9. The van der Waals surface area contributed by atoms with Crippen molar-refractivity contribution >= 4 is 48.1 Å². The number of aliphatic hydroxyl groups excluding tert-OH is 1. The molecule has 14 nitrogen and oxygen atoms in total. The maximum Gasteiger partial charge on any atom is 0.328 e. The second-order valence-electron chi connectivity index (χ2n) is 6.65. The Hall–Kier alpha value is -2.91. The Labute approximate surface area is 183 Å². The van der Waals surface area contributed by atoms with E-state index in [0.717, 1.165) is 6.92 Å². The van der Waals surface area contributed by atoms with Crippen LogP contribution < -0.4 is 33.2 Å². The van der Waals surface area contributed by atoms with Gasteiger partial charge in [0.15, 0.2) is 6.04 Å². The van der Waals surface area contributed by atoms with E-state index in [9.17, 15) is 33.9 Å². The minimum Gasteiger partial charge on any atom is -0.480 e. The van der Waals surface area contributed by atoms with Gasteiger partial charge in [-0.3, -0.25) is 24.0 Å². The third-order valence-electron chi connectivity index (χ3n) is 3.94. The smallest absolute Gasteiger partial charge is 0.328 e. The summed E-state index contributed by atoms with van der Waals surface area (Å²) in [5.41, 5.74) is 15.7. The summed E-state index contributed by atoms with van der Waals surface area (Å²) in [6.07, 6.45) is -2.35. The molecular weight excluding hydrogens is 436 g/mol. The summed E-state index contributed by atoms with van der Waals surface area (Å²) >= 11 is 3.92. The molecule has 0 aromatic rings. The lowest BCUT2D eigenvalue weighted by Crippen LogP contribution is -2.59. The highest BCUT2D eigenvalue weighted by atomic mass is 32.1. The molecule has 5 amide bonds. The third kappa shape index (κ3) is 10.6. The first kappa shape index (κ1) is 28.1. The molecule has 0 rings (SSSR count). The standard InChI is InChI=1S/C16H28N6O8S/c1-6(23)12(16(29)30)22-15(28)9(5-31)21-14(27)8(4-11(19)25)20-13(26)7(17)2-3-10(18)24/h6-9,12,23,31H,2-5,17H2,1H3,(H2,18,24)(H2,19,25)(H,20,26)(H,21,27)(H,22,28)(H,29,30). The summed E-state index contributed by atoms with van der Waals surface area (Å²) in [7, 11) is 0. The first-order chi connectivity index (χ1) is 14.3. The number of thiol groups is 1. The molecule has 0 bridgehead atoms. The number of rotatable bonds is 14. The van der Waals surface area contributed by atoms with E-state index in [4.69, 9.17) is 22.3 Å². The normalized spacial score (nSPS) is 15.5. The van der Waals surface area contributed by atoms with Crippen LogP contribution in [0, 0.1) is 0 Å². The van der Waals surface area contributed by atoms with Crippen LogP contribution in [0.3, 0.4) is 0 Å². The Kier molecular flexibility index (Phi) is 12.1. The van der Waals surface area contributed by atoms with Crippen LogP contribution in [-0.4, -0.2) is 81.7 Å². The molecule has 0 radical (unpaired) electrons. The molecule has 0 fully saturated rings. The molecule has 0 aliphatic rings. The number of carboxylic acids is 1. The van der Waals surface area contributed by atoms with Crippen molar-refractivity contribution in [3.8, 4) is 0 Å². The molecule has 5 unspecified atom stereocenters. The van der Waals surface area contributed by atoms with E-state index in [0.29, 0.717) is 0 Å². The van der Waals surface area contributed by atoms with Crippen LogP contribution in [0.5, 0.6) is 0 Å². The van der Waals surface area contributed by atoms with Crippen molar-refractivity contribution in [3.05, 3.63) is 0 Å². The number of amides is 5. The van der Waals surface area contributed by atoms with Gasteiger partial charge in [0.25, 0.3) is 0 Å². The average molecular weight is 465 g/mol. The number of nitrogens with one attached hydrogen (secondary N) is 3. The molecule has 0 aromatic carbocycles. The molecular formula is C16H28N6O8S. The van der Waals surface area contributed by atoms with Gasteiger partial charge in [-0.15, -0.1) is 0 Å². The molecule has 5 atom stereocenters. The second-order valence-corrected chi connectivity index (χ2v) is 7.02. The first-order valence-corrected chi connectivity index (χ1v) is 9.68. The minimum absolute atomic E-state index is 0.107. The van der Waals surface area contributed by atoms with Crippen molar-refractivity contribution in [3.63, 3.8) is 0 Å². The van der Waals surface area contributed by atoms with Gasteiger partial charge in [0.1, 0.15) is 12.1 Å². The van der Waals surface area contributed by atoms with Crippen LogP contribution in [0.4, 0.5) is 0 Å². The molecule has 31 heavy (non-hydrogen) atoms. The molecule has 15 heteroatoms. The molecule has 176 valence electrons. The highest BCUT2D eigenvalue weighted by Gasteiger charge is 2.31. The molecule has 0 saturated heterocycles. The van der Waals surface area contributed by atoms with E-state index in [-0.39, 0.29) is 18.6 Å². The lowest BCUT2D eigenvalue weighted by atomic mass is 10.1. The fourth-order valence-electron chi connectivity index (χ4n) is 2.23. The van der Waals surface area contributed by atoms with E-state index >= 15 is 0 Å². The molecule has 0 aliphatic carbocycles. The van der Waals surface area contributed by atoms with E-state index in [1.54, 1.807) is 0 Å². The van der Waals surface area contributed by atoms with Gasteiger partial charge in [-0.05, 0) is 13.3 Å². The Morgan fingerprint density at radius 2 is 1.42 bits per heavy atom. The molecule has 0 heterocycles. The Balaban J connectivity index is 5.24.